The standard InChI is InChI=1S/C25H28F2N7O6PS.H3N/c1-3-39-17-6-4-16(5-7-17)34-12-19(23(32-34)22-18(26)8-9-21(27)31-22)29-24(35)20-13-42-25(30-20)15-10-28-33(11-15)14(2)40-41(36,37)38;/h8-14,16-17H,3-7H2,1-2H3,(H,29,35)(H2,36,37,38);1H3/t14?,16-,17-;. The van der Waals surface area contributed by atoms with Crippen molar-refractivity contribution in [2.45, 2.75) is 57.9 Å². The molecule has 1 saturated carbocycles. The summed E-state index contributed by atoms with van der Waals surface area (Å²) in [6.07, 6.45) is 6.76. The van der Waals surface area contributed by atoms with Crippen LogP contribution in [0.2, 0.25) is 0 Å². The summed E-state index contributed by atoms with van der Waals surface area (Å²) < 4.78 is 53.1. The van der Waals surface area contributed by atoms with E-state index in [1.165, 1.54) is 29.4 Å². The van der Waals surface area contributed by atoms with Gasteiger partial charge in [-0.15, -0.1) is 11.3 Å². The highest BCUT2D eigenvalue weighted by molar-refractivity contribution is 7.46. The number of ether oxygens (including phenoxy) is 1. The smallest absolute Gasteiger partial charge is 0.379 e. The van der Waals surface area contributed by atoms with Crippen molar-refractivity contribution >= 4 is 30.8 Å². The van der Waals surface area contributed by atoms with E-state index in [9.17, 15) is 18.1 Å². The Balaban J connectivity index is 0.00000423. The Morgan fingerprint density at radius 3 is 2.63 bits per heavy atom. The van der Waals surface area contributed by atoms with E-state index in [4.69, 9.17) is 14.5 Å². The summed E-state index contributed by atoms with van der Waals surface area (Å²) in [6, 6.07) is 1.83. The number of amides is 1. The molecule has 1 aliphatic carbocycles. The summed E-state index contributed by atoms with van der Waals surface area (Å²) in [4.78, 5) is 39.3. The number of hydrogen-bond donors (Lipinski definition) is 4. The zero-order valence-electron chi connectivity index (χ0n) is 23.3. The average molecular weight is 641 g/mol. The monoisotopic (exact) mass is 640 g/mol. The molecule has 0 radical (unpaired) electrons. The van der Waals surface area contributed by atoms with E-state index in [0.717, 1.165) is 49.2 Å². The lowest BCUT2D eigenvalue weighted by Crippen LogP contribution is -2.24. The number of phosphoric acid groups is 1. The number of thiazole rings is 1. The molecular formula is C25H31F2N8O6PS. The van der Waals surface area contributed by atoms with Gasteiger partial charge in [0.2, 0.25) is 5.95 Å². The summed E-state index contributed by atoms with van der Waals surface area (Å²) in [6.45, 7) is 3.99. The third-order valence-corrected chi connectivity index (χ3v) is 8.16. The van der Waals surface area contributed by atoms with E-state index in [0.29, 0.717) is 17.2 Å². The lowest BCUT2D eigenvalue weighted by Gasteiger charge is -2.28. The third kappa shape index (κ3) is 7.75. The molecule has 6 N–H and O–H groups in total. The first kappa shape index (κ1) is 32.5. The summed E-state index contributed by atoms with van der Waals surface area (Å²) >= 11 is 1.14. The number of halogens is 2. The molecule has 1 amide bonds. The van der Waals surface area contributed by atoms with Gasteiger partial charge < -0.3 is 26.0 Å². The van der Waals surface area contributed by atoms with E-state index in [1.807, 2.05) is 6.92 Å². The molecule has 0 aromatic carbocycles. The number of carbonyl (C=O) groups is 1. The highest BCUT2D eigenvalue weighted by Gasteiger charge is 2.27. The molecule has 5 rings (SSSR count). The molecule has 18 heteroatoms. The predicted molar refractivity (Wildman–Crippen MR) is 152 cm³/mol. The van der Waals surface area contributed by atoms with Gasteiger partial charge in [0.25, 0.3) is 5.91 Å². The van der Waals surface area contributed by atoms with Crippen molar-refractivity contribution in [3.05, 3.63) is 53.6 Å². The summed E-state index contributed by atoms with van der Waals surface area (Å²) in [5.74, 6) is -2.29. The molecule has 0 spiro atoms. The van der Waals surface area contributed by atoms with Crippen LogP contribution in [0.15, 0.2) is 36.1 Å². The molecule has 1 aliphatic rings. The van der Waals surface area contributed by atoms with Crippen molar-refractivity contribution in [2.24, 2.45) is 0 Å². The lowest BCUT2D eigenvalue weighted by atomic mass is 9.93. The Hall–Kier alpha value is -3.44. The van der Waals surface area contributed by atoms with Crippen LogP contribution in [0.1, 0.15) is 62.3 Å². The van der Waals surface area contributed by atoms with Gasteiger partial charge in [0, 0.05) is 29.9 Å². The molecular weight excluding hydrogens is 609 g/mol. The molecule has 1 atom stereocenters. The number of carbonyl (C=O) groups excluding carboxylic acids is 1. The molecule has 0 saturated heterocycles. The maximum absolute atomic E-state index is 14.7. The molecule has 4 aromatic heterocycles. The summed E-state index contributed by atoms with van der Waals surface area (Å²) in [5, 5.41) is 13.2. The average Bonchev–Trinajstić information content (AvgIpc) is 3.70. The van der Waals surface area contributed by atoms with Gasteiger partial charge in [-0.1, -0.05) is 0 Å². The summed E-state index contributed by atoms with van der Waals surface area (Å²) in [7, 11) is -4.73. The maximum Gasteiger partial charge on any atom is 0.471 e. The molecule has 0 aliphatic heterocycles. The fraction of sp³-hybridized carbons (Fsp3) is 0.400. The number of hydrogen-bond acceptors (Lipinski definition) is 10. The first-order chi connectivity index (χ1) is 20.0. The lowest BCUT2D eigenvalue weighted by molar-refractivity contribution is 0.0260. The number of phosphoric ester groups is 1. The van der Waals surface area contributed by atoms with E-state index in [1.54, 1.807) is 10.9 Å². The number of aromatic nitrogens is 6. The van der Waals surface area contributed by atoms with Crippen molar-refractivity contribution in [3.63, 3.8) is 0 Å². The van der Waals surface area contributed by atoms with Crippen LogP contribution in [0, 0.1) is 11.8 Å². The zero-order chi connectivity index (χ0) is 30.0. The van der Waals surface area contributed by atoms with Gasteiger partial charge >= 0.3 is 7.82 Å². The second kappa shape index (κ2) is 13.5. The van der Waals surface area contributed by atoms with Gasteiger partial charge in [-0.05, 0) is 51.7 Å². The molecule has 1 fully saturated rings. The molecule has 232 valence electrons. The Labute approximate surface area is 248 Å². The number of nitrogens with zero attached hydrogens (tertiary/aromatic N) is 6. The molecule has 4 aromatic rings. The highest BCUT2D eigenvalue weighted by Crippen LogP contribution is 2.40. The van der Waals surface area contributed by atoms with Crippen LogP contribution in [-0.4, -0.2) is 57.9 Å². The van der Waals surface area contributed by atoms with E-state index in [2.05, 4.69) is 30.0 Å². The Bertz CT molecular complexity index is 1620. The van der Waals surface area contributed by atoms with Crippen molar-refractivity contribution < 1.29 is 37.2 Å². The van der Waals surface area contributed by atoms with Crippen LogP contribution in [0.4, 0.5) is 14.5 Å². The van der Waals surface area contributed by atoms with Crippen molar-refractivity contribution in [3.8, 4) is 22.0 Å². The first-order valence-electron chi connectivity index (χ1n) is 13.1. The largest absolute Gasteiger partial charge is 0.471 e. The maximum atomic E-state index is 14.7. The van der Waals surface area contributed by atoms with E-state index in [-0.39, 0.29) is 41.1 Å². The second-order valence-corrected chi connectivity index (χ2v) is 11.7. The van der Waals surface area contributed by atoms with Gasteiger partial charge in [-0.3, -0.25) is 14.0 Å². The minimum atomic E-state index is -4.73. The van der Waals surface area contributed by atoms with Crippen LogP contribution in [0.5, 0.6) is 0 Å². The number of nitrogens with one attached hydrogen (secondary N) is 1. The minimum Gasteiger partial charge on any atom is -0.379 e. The van der Waals surface area contributed by atoms with Crippen LogP contribution in [0.25, 0.3) is 22.0 Å². The normalized spacial score (nSPS) is 17.8. The quantitative estimate of drug-likeness (QED) is 0.133. The Morgan fingerprint density at radius 1 is 1.19 bits per heavy atom. The predicted octanol–water partition coefficient (Wildman–Crippen LogP) is 5.11. The van der Waals surface area contributed by atoms with Crippen molar-refractivity contribution in [1.82, 2.24) is 35.7 Å². The van der Waals surface area contributed by atoms with Crippen LogP contribution in [-0.2, 0) is 13.8 Å². The Morgan fingerprint density at radius 2 is 1.93 bits per heavy atom. The molecule has 43 heavy (non-hydrogen) atoms. The molecule has 0 bridgehead atoms. The number of rotatable bonds is 10. The fourth-order valence-corrected chi connectivity index (χ4v) is 6.00. The molecule has 1 unspecified atom stereocenters. The van der Waals surface area contributed by atoms with Crippen LogP contribution >= 0.6 is 19.2 Å². The van der Waals surface area contributed by atoms with E-state index < -0.39 is 31.7 Å². The molecule has 14 nitrogen and oxygen atoms in total. The zero-order valence-corrected chi connectivity index (χ0v) is 25.0. The van der Waals surface area contributed by atoms with E-state index >= 15 is 0 Å². The van der Waals surface area contributed by atoms with Gasteiger partial charge in [0.15, 0.2) is 12.0 Å². The third-order valence-electron chi connectivity index (χ3n) is 6.68. The van der Waals surface area contributed by atoms with Crippen LogP contribution in [0.3, 0.4) is 0 Å². The molecule has 4 heterocycles. The van der Waals surface area contributed by atoms with Gasteiger partial charge in [0.1, 0.15) is 22.1 Å². The SMILES string of the molecule is CCO[C@H]1CC[C@H](n2cc(NC(=O)c3csc(-c4cnn(C(C)OP(=O)(O)O)c4)n3)c(-c3nc(F)ccc3F)n2)CC1.N. The van der Waals surface area contributed by atoms with Gasteiger partial charge in [-0.2, -0.15) is 14.6 Å². The van der Waals surface area contributed by atoms with Gasteiger partial charge in [0.05, 0.1) is 24.0 Å². The number of pyridine rings is 1. The second-order valence-electron chi connectivity index (χ2n) is 9.62. The summed E-state index contributed by atoms with van der Waals surface area (Å²) in [5.41, 5.74) is 0.344. The van der Waals surface area contributed by atoms with Crippen molar-refractivity contribution in [1.29, 1.82) is 0 Å². The van der Waals surface area contributed by atoms with Crippen molar-refractivity contribution in [2.75, 3.05) is 11.9 Å². The number of anilines is 1. The fourth-order valence-electron chi connectivity index (χ4n) is 4.73. The van der Waals surface area contributed by atoms with Crippen LogP contribution < -0.4 is 11.5 Å². The Kier molecular flexibility index (Phi) is 10.2. The highest BCUT2D eigenvalue weighted by atomic mass is 32.1. The minimum absolute atomic E-state index is 0. The first-order valence-corrected chi connectivity index (χ1v) is 15.5. The van der Waals surface area contributed by atoms with Gasteiger partial charge in [-0.25, -0.2) is 23.6 Å². The topological polar surface area (TPSA) is 202 Å².